The quantitative estimate of drug-likeness (QED) is 0.733. The summed E-state index contributed by atoms with van der Waals surface area (Å²) in [5.74, 6) is 0.896. The fourth-order valence-corrected chi connectivity index (χ4v) is 1.91. The molecule has 0 spiro atoms. The summed E-state index contributed by atoms with van der Waals surface area (Å²) in [6.45, 7) is 0. The third-order valence-corrected chi connectivity index (χ3v) is 2.78. The molecular weight excluding hydrogens is 240 g/mol. The number of aliphatic hydroxyl groups excluding tert-OH is 1. The number of benzene rings is 1. The lowest BCUT2D eigenvalue weighted by molar-refractivity contribution is 0.183. The van der Waals surface area contributed by atoms with Crippen LogP contribution < -0.4 is 0 Å². The molecule has 0 radical (unpaired) electrons. The average molecular weight is 249 g/mol. The van der Waals surface area contributed by atoms with Crippen LogP contribution in [0, 0.1) is 0 Å². The minimum absolute atomic E-state index is 0.442. The first-order valence-electron chi connectivity index (χ1n) is 5.10. The normalized spacial score (nSPS) is 13.1. The van der Waals surface area contributed by atoms with Crippen molar-refractivity contribution in [2.75, 3.05) is 0 Å². The van der Waals surface area contributed by atoms with Gasteiger partial charge in [-0.15, -0.1) is 0 Å². The summed E-state index contributed by atoms with van der Waals surface area (Å²) in [4.78, 5) is 6.83. The molecule has 2 aromatic heterocycles. The van der Waals surface area contributed by atoms with E-state index in [1.807, 2.05) is 0 Å². The van der Waals surface area contributed by atoms with Gasteiger partial charge in [-0.1, -0.05) is 11.6 Å². The Morgan fingerprint density at radius 2 is 2.24 bits per heavy atom. The van der Waals surface area contributed by atoms with Crippen LogP contribution >= 0.6 is 11.6 Å². The Labute approximate surface area is 102 Å². The van der Waals surface area contributed by atoms with Gasteiger partial charge in [0.1, 0.15) is 17.2 Å². The van der Waals surface area contributed by atoms with Crippen molar-refractivity contribution in [3.05, 3.63) is 53.3 Å². The molecule has 0 aliphatic heterocycles. The van der Waals surface area contributed by atoms with Crippen molar-refractivity contribution < 1.29 is 9.52 Å². The predicted octanol–water partition coefficient (Wildman–Crippen LogP) is 2.89. The van der Waals surface area contributed by atoms with E-state index >= 15 is 0 Å². The Hall–Kier alpha value is -1.78. The van der Waals surface area contributed by atoms with Gasteiger partial charge in [0.25, 0.3) is 0 Å². The Kier molecular flexibility index (Phi) is 2.39. The van der Waals surface area contributed by atoms with E-state index in [0.717, 1.165) is 5.39 Å². The van der Waals surface area contributed by atoms with Gasteiger partial charge in [0.05, 0.1) is 0 Å². The number of rotatable bonds is 2. The lowest BCUT2D eigenvalue weighted by atomic mass is 10.2. The Bertz CT molecular complexity index is 646. The molecule has 17 heavy (non-hydrogen) atoms. The molecule has 1 unspecified atom stereocenters. The molecule has 2 heterocycles. The van der Waals surface area contributed by atoms with Gasteiger partial charge in [-0.2, -0.15) is 0 Å². The van der Waals surface area contributed by atoms with E-state index < -0.39 is 6.10 Å². The van der Waals surface area contributed by atoms with E-state index in [9.17, 15) is 5.11 Å². The summed E-state index contributed by atoms with van der Waals surface area (Å²) in [6.07, 6.45) is 2.34. The van der Waals surface area contributed by atoms with Crippen molar-refractivity contribution in [3.63, 3.8) is 0 Å². The molecule has 3 aromatic rings. The summed E-state index contributed by atoms with van der Waals surface area (Å²) < 4.78 is 5.54. The molecule has 0 fully saturated rings. The van der Waals surface area contributed by atoms with E-state index in [1.165, 1.54) is 0 Å². The molecule has 0 saturated heterocycles. The molecule has 0 amide bonds. The molecule has 4 nitrogen and oxygen atoms in total. The van der Waals surface area contributed by atoms with Crippen LogP contribution in [0.5, 0.6) is 0 Å². The highest BCUT2D eigenvalue weighted by Gasteiger charge is 2.17. The smallest absolute Gasteiger partial charge is 0.169 e. The van der Waals surface area contributed by atoms with Gasteiger partial charge in [-0.25, -0.2) is 4.98 Å². The highest BCUT2D eigenvalue weighted by atomic mass is 35.5. The number of hydrogen-bond donors (Lipinski definition) is 2. The van der Waals surface area contributed by atoms with Crippen molar-refractivity contribution in [2.24, 2.45) is 0 Å². The van der Waals surface area contributed by atoms with E-state index in [-0.39, 0.29) is 0 Å². The van der Waals surface area contributed by atoms with Gasteiger partial charge in [0.15, 0.2) is 6.10 Å². The molecule has 1 atom stereocenters. The first-order chi connectivity index (χ1) is 8.24. The summed E-state index contributed by atoms with van der Waals surface area (Å²) >= 11 is 5.88. The number of H-pyrrole nitrogens is 1. The van der Waals surface area contributed by atoms with E-state index in [1.54, 1.807) is 36.7 Å². The number of aromatic amines is 1. The summed E-state index contributed by atoms with van der Waals surface area (Å²) in [5, 5.41) is 11.5. The predicted molar refractivity (Wildman–Crippen MR) is 63.9 cm³/mol. The van der Waals surface area contributed by atoms with Crippen LogP contribution in [0.15, 0.2) is 41.1 Å². The number of fused-ring (bicyclic) bond motifs is 1. The number of imidazole rings is 1. The number of nitrogens with zero attached hydrogens (tertiary/aromatic N) is 1. The molecule has 5 heteroatoms. The SMILES string of the molecule is OC(c1ncc[nH]1)c1cc2cc(Cl)ccc2o1. The van der Waals surface area contributed by atoms with Gasteiger partial charge in [-0.05, 0) is 24.3 Å². The summed E-state index contributed by atoms with van der Waals surface area (Å²) in [5.41, 5.74) is 0.690. The van der Waals surface area contributed by atoms with Crippen molar-refractivity contribution in [2.45, 2.75) is 6.10 Å². The number of halogens is 1. The van der Waals surface area contributed by atoms with Crippen molar-refractivity contribution >= 4 is 22.6 Å². The first kappa shape index (κ1) is 10.4. The van der Waals surface area contributed by atoms with Crippen LogP contribution in [0.3, 0.4) is 0 Å². The first-order valence-corrected chi connectivity index (χ1v) is 5.48. The molecular formula is C12H9ClN2O2. The van der Waals surface area contributed by atoms with Crippen LogP contribution in [-0.4, -0.2) is 15.1 Å². The zero-order valence-corrected chi connectivity index (χ0v) is 9.48. The zero-order valence-electron chi connectivity index (χ0n) is 8.72. The fraction of sp³-hybridized carbons (Fsp3) is 0.0833. The van der Waals surface area contributed by atoms with Gasteiger partial charge in [-0.3, -0.25) is 0 Å². The maximum atomic E-state index is 10.0. The molecule has 1 aromatic carbocycles. The monoisotopic (exact) mass is 248 g/mol. The second kappa shape index (κ2) is 3.91. The lowest BCUT2D eigenvalue weighted by Gasteiger charge is -2.02. The number of furan rings is 1. The van der Waals surface area contributed by atoms with Crippen LogP contribution in [0.25, 0.3) is 11.0 Å². The minimum Gasteiger partial charge on any atom is -0.458 e. The summed E-state index contributed by atoms with van der Waals surface area (Å²) in [7, 11) is 0. The average Bonchev–Trinajstić information content (AvgIpc) is 2.96. The Morgan fingerprint density at radius 3 is 3.00 bits per heavy atom. The van der Waals surface area contributed by atoms with E-state index in [2.05, 4.69) is 9.97 Å². The van der Waals surface area contributed by atoms with E-state index in [4.69, 9.17) is 16.0 Å². The second-order valence-corrected chi connectivity index (χ2v) is 4.14. The maximum absolute atomic E-state index is 10.0. The maximum Gasteiger partial charge on any atom is 0.169 e. The van der Waals surface area contributed by atoms with Gasteiger partial charge in [0.2, 0.25) is 0 Å². The molecule has 0 aliphatic carbocycles. The van der Waals surface area contributed by atoms with Crippen molar-refractivity contribution in [1.29, 1.82) is 0 Å². The lowest BCUT2D eigenvalue weighted by Crippen LogP contribution is -1.99. The number of nitrogens with one attached hydrogen (secondary N) is 1. The minimum atomic E-state index is -0.892. The number of aromatic nitrogens is 2. The summed E-state index contributed by atoms with van der Waals surface area (Å²) in [6, 6.07) is 7.07. The topological polar surface area (TPSA) is 62.1 Å². The van der Waals surface area contributed by atoms with Crippen LogP contribution in [-0.2, 0) is 0 Å². The van der Waals surface area contributed by atoms with Gasteiger partial charge >= 0.3 is 0 Å². The van der Waals surface area contributed by atoms with Gasteiger partial charge < -0.3 is 14.5 Å². The van der Waals surface area contributed by atoms with Crippen LogP contribution in [0.2, 0.25) is 5.02 Å². The third-order valence-electron chi connectivity index (χ3n) is 2.55. The highest BCUT2D eigenvalue weighted by molar-refractivity contribution is 6.31. The molecule has 0 aliphatic rings. The Morgan fingerprint density at radius 1 is 1.35 bits per heavy atom. The molecule has 2 N–H and O–H groups in total. The highest BCUT2D eigenvalue weighted by Crippen LogP contribution is 2.28. The standard InChI is InChI=1S/C12H9ClN2O2/c13-8-1-2-9-7(5-8)6-10(17-9)11(16)12-14-3-4-15-12/h1-6,11,16H,(H,14,15). The molecule has 0 saturated carbocycles. The van der Waals surface area contributed by atoms with Crippen molar-refractivity contribution in [3.8, 4) is 0 Å². The van der Waals surface area contributed by atoms with Crippen LogP contribution in [0.4, 0.5) is 0 Å². The molecule has 3 rings (SSSR count). The number of hydrogen-bond acceptors (Lipinski definition) is 3. The molecule has 86 valence electrons. The Balaban J connectivity index is 2.06. The third kappa shape index (κ3) is 1.81. The van der Waals surface area contributed by atoms with E-state index in [0.29, 0.717) is 22.2 Å². The number of aliphatic hydroxyl groups is 1. The fourth-order valence-electron chi connectivity index (χ4n) is 1.73. The van der Waals surface area contributed by atoms with Crippen molar-refractivity contribution in [1.82, 2.24) is 9.97 Å². The largest absolute Gasteiger partial charge is 0.458 e. The zero-order chi connectivity index (χ0) is 11.8. The molecule has 0 bridgehead atoms. The van der Waals surface area contributed by atoms with Gasteiger partial charge in [0, 0.05) is 22.8 Å². The van der Waals surface area contributed by atoms with Crippen LogP contribution in [0.1, 0.15) is 17.7 Å². The second-order valence-electron chi connectivity index (χ2n) is 3.71.